The highest BCUT2D eigenvalue weighted by atomic mass is 15.0. The summed E-state index contributed by atoms with van der Waals surface area (Å²) in [5.41, 5.74) is 17.7. The van der Waals surface area contributed by atoms with E-state index in [0.29, 0.717) is 5.69 Å². The molecule has 4 N–H and O–H groups in total. The van der Waals surface area contributed by atoms with E-state index in [-0.39, 0.29) is 0 Å². The lowest BCUT2D eigenvalue weighted by atomic mass is 10.1. The van der Waals surface area contributed by atoms with E-state index in [0.717, 1.165) is 33.8 Å². The van der Waals surface area contributed by atoms with Gasteiger partial charge in [-0.25, -0.2) is 4.98 Å². The van der Waals surface area contributed by atoms with Gasteiger partial charge >= 0.3 is 0 Å². The molecule has 4 rings (SSSR count). The van der Waals surface area contributed by atoms with Crippen molar-refractivity contribution in [3.63, 3.8) is 0 Å². The zero-order valence-corrected chi connectivity index (χ0v) is 12.3. The van der Waals surface area contributed by atoms with Crippen molar-refractivity contribution >= 4 is 17.0 Å². The summed E-state index contributed by atoms with van der Waals surface area (Å²) in [5.74, 6) is 0. The van der Waals surface area contributed by atoms with Crippen LogP contribution in [0.1, 0.15) is 0 Å². The van der Waals surface area contributed by atoms with Crippen LogP contribution in [0, 0.1) is 0 Å². The molecule has 4 aromatic rings. The van der Waals surface area contributed by atoms with E-state index < -0.39 is 0 Å². The van der Waals surface area contributed by atoms with Crippen molar-refractivity contribution < 1.29 is 0 Å². The third kappa shape index (κ3) is 2.38. The average Bonchev–Trinajstić information content (AvgIpc) is 2.98. The number of pyridine rings is 2. The van der Waals surface area contributed by atoms with E-state index in [4.69, 9.17) is 11.5 Å². The molecule has 1 aromatic carbocycles. The summed E-state index contributed by atoms with van der Waals surface area (Å²) in [6, 6.07) is 15.6. The molecule has 0 fully saturated rings. The Morgan fingerprint density at radius 1 is 0.783 bits per heavy atom. The number of benzene rings is 1. The molecule has 0 radical (unpaired) electrons. The van der Waals surface area contributed by atoms with Crippen LogP contribution in [0.15, 0.2) is 67.1 Å². The number of nitrogens with two attached hydrogens (primary N) is 2. The summed E-state index contributed by atoms with van der Waals surface area (Å²) >= 11 is 0. The van der Waals surface area contributed by atoms with Crippen molar-refractivity contribution in [2.75, 3.05) is 11.5 Å². The predicted molar refractivity (Wildman–Crippen MR) is 92.7 cm³/mol. The van der Waals surface area contributed by atoms with Gasteiger partial charge in [0.2, 0.25) is 0 Å². The number of nitrogen functional groups attached to an aromatic ring is 2. The molecule has 0 unspecified atom stereocenters. The molecule has 0 bridgehead atoms. The van der Waals surface area contributed by atoms with Gasteiger partial charge in [-0.05, 0) is 36.4 Å². The van der Waals surface area contributed by atoms with E-state index in [1.54, 1.807) is 6.20 Å². The molecule has 0 saturated heterocycles. The summed E-state index contributed by atoms with van der Waals surface area (Å²) in [6.07, 6.45) is 5.50. The molecular formula is C18H15N5. The van der Waals surface area contributed by atoms with Crippen LogP contribution in [-0.4, -0.2) is 14.4 Å². The minimum Gasteiger partial charge on any atom is -0.399 e. The minimum absolute atomic E-state index is 0.652. The van der Waals surface area contributed by atoms with Gasteiger partial charge in [-0.2, -0.15) is 0 Å². The molecule has 0 aliphatic heterocycles. The number of imidazole rings is 1. The minimum atomic E-state index is 0.652. The van der Waals surface area contributed by atoms with Gasteiger partial charge < -0.3 is 11.5 Å². The summed E-state index contributed by atoms with van der Waals surface area (Å²) < 4.78 is 2.04. The lowest BCUT2D eigenvalue weighted by Crippen LogP contribution is -1.92. The smallest absolute Gasteiger partial charge is 0.137 e. The number of anilines is 2. The largest absolute Gasteiger partial charge is 0.399 e. The van der Waals surface area contributed by atoms with E-state index >= 15 is 0 Å². The van der Waals surface area contributed by atoms with Gasteiger partial charge in [-0.15, -0.1) is 0 Å². The lowest BCUT2D eigenvalue weighted by Gasteiger charge is -2.05. The summed E-state index contributed by atoms with van der Waals surface area (Å²) in [4.78, 5) is 8.85. The van der Waals surface area contributed by atoms with Crippen LogP contribution in [0.5, 0.6) is 0 Å². The van der Waals surface area contributed by atoms with Crippen LogP contribution >= 0.6 is 0 Å². The Morgan fingerprint density at radius 3 is 2.48 bits per heavy atom. The molecule has 0 atom stereocenters. The third-order valence-corrected chi connectivity index (χ3v) is 3.78. The first kappa shape index (κ1) is 13.3. The maximum atomic E-state index is 5.87. The van der Waals surface area contributed by atoms with Gasteiger partial charge in [-0.3, -0.25) is 9.38 Å². The molecule has 0 saturated carbocycles. The Labute approximate surface area is 133 Å². The normalized spacial score (nSPS) is 11.0. The van der Waals surface area contributed by atoms with Crippen molar-refractivity contribution in [2.24, 2.45) is 0 Å². The standard InChI is InChI=1S/C18H15N5/c19-14-3-1-2-13(8-14)17-11-22-18-9-12(6-7-23(17)18)16-5-4-15(20)10-21-16/h1-11H,19-20H2. The van der Waals surface area contributed by atoms with E-state index in [1.165, 1.54) is 0 Å². The molecule has 3 aromatic heterocycles. The van der Waals surface area contributed by atoms with Gasteiger partial charge in [-0.1, -0.05) is 12.1 Å². The predicted octanol–water partition coefficient (Wildman–Crippen LogP) is 3.23. The highest BCUT2D eigenvalue weighted by molar-refractivity contribution is 5.71. The molecule has 5 nitrogen and oxygen atoms in total. The number of hydrogen-bond donors (Lipinski definition) is 2. The Kier molecular flexibility index (Phi) is 2.98. The van der Waals surface area contributed by atoms with Crippen LogP contribution in [0.2, 0.25) is 0 Å². The summed E-state index contributed by atoms with van der Waals surface area (Å²) in [6.45, 7) is 0. The molecule has 0 aliphatic rings. The van der Waals surface area contributed by atoms with E-state index in [9.17, 15) is 0 Å². The molecular weight excluding hydrogens is 286 g/mol. The number of hydrogen-bond acceptors (Lipinski definition) is 4. The molecule has 112 valence electrons. The summed E-state index contributed by atoms with van der Waals surface area (Å²) in [5, 5.41) is 0. The topological polar surface area (TPSA) is 82.2 Å². The van der Waals surface area contributed by atoms with Crippen LogP contribution in [-0.2, 0) is 0 Å². The average molecular weight is 301 g/mol. The van der Waals surface area contributed by atoms with Crippen molar-refractivity contribution in [1.29, 1.82) is 0 Å². The Balaban J connectivity index is 1.81. The second kappa shape index (κ2) is 5.14. The molecule has 23 heavy (non-hydrogen) atoms. The molecule has 0 aliphatic carbocycles. The fraction of sp³-hybridized carbons (Fsp3) is 0. The first-order chi connectivity index (χ1) is 11.2. The van der Waals surface area contributed by atoms with Crippen molar-refractivity contribution in [3.05, 3.63) is 67.1 Å². The number of rotatable bonds is 2. The Morgan fingerprint density at radius 2 is 1.70 bits per heavy atom. The van der Waals surface area contributed by atoms with Gasteiger partial charge in [0.15, 0.2) is 0 Å². The second-order valence-corrected chi connectivity index (χ2v) is 5.39. The third-order valence-electron chi connectivity index (χ3n) is 3.78. The SMILES string of the molecule is Nc1ccc(-c2ccn3c(-c4cccc(N)c4)cnc3c2)nc1. The van der Waals surface area contributed by atoms with Gasteiger partial charge in [0, 0.05) is 23.0 Å². The lowest BCUT2D eigenvalue weighted by molar-refractivity contribution is 1.19. The van der Waals surface area contributed by atoms with Crippen molar-refractivity contribution in [1.82, 2.24) is 14.4 Å². The van der Waals surface area contributed by atoms with Crippen LogP contribution < -0.4 is 11.5 Å². The molecule has 0 spiro atoms. The molecule has 3 heterocycles. The highest BCUT2D eigenvalue weighted by Gasteiger charge is 2.08. The Hall–Kier alpha value is -3.34. The zero-order valence-electron chi connectivity index (χ0n) is 12.3. The van der Waals surface area contributed by atoms with Crippen molar-refractivity contribution in [3.8, 4) is 22.5 Å². The number of nitrogens with zero attached hydrogens (tertiary/aromatic N) is 3. The highest BCUT2D eigenvalue weighted by Crippen LogP contribution is 2.25. The first-order valence-electron chi connectivity index (χ1n) is 7.26. The zero-order chi connectivity index (χ0) is 15.8. The quantitative estimate of drug-likeness (QED) is 0.557. The van der Waals surface area contributed by atoms with Gasteiger partial charge in [0.05, 0.1) is 29.5 Å². The van der Waals surface area contributed by atoms with Crippen LogP contribution in [0.4, 0.5) is 11.4 Å². The summed E-state index contributed by atoms with van der Waals surface area (Å²) in [7, 11) is 0. The van der Waals surface area contributed by atoms with E-state index in [2.05, 4.69) is 9.97 Å². The van der Waals surface area contributed by atoms with Crippen LogP contribution in [0.3, 0.4) is 0 Å². The van der Waals surface area contributed by atoms with Gasteiger partial charge in [0.1, 0.15) is 5.65 Å². The van der Waals surface area contributed by atoms with Gasteiger partial charge in [0.25, 0.3) is 0 Å². The first-order valence-corrected chi connectivity index (χ1v) is 7.26. The van der Waals surface area contributed by atoms with Crippen LogP contribution in [0.25, 0.3) is 28.2 Å². The monoisotopic (exact) mass is 301 g/mol. The second-order valence-electron chi connectivity index (χ2n) is 5.39. The fourth-order valence-electron chi connectivity index (χ4n) is 2.63. The molecule has 5 heteroatoms. The number of fused-ring (bicyclic) bond motifs is 1. The Bertz CT molecular complexity index is 986. The maximum Gasteiger partial charge on any atom is 0.137 e. The molecule has 0 amide bonds. The number of aromatic nitrogens is 3. The maximum absolute atomic E-state index is 5.87. The van der Waals surface area contributed by atoms with Crippen molar-refractivity contribution in [2.45, 2.75) is 0 Å². The fourth-order valence-corrected chi connectivity index (χ4v) is 2.63. The van der Waals surface area contributed by atoms with E-state index in [1.807, 2.05) is 65.3 Å².